The fourth-order valence-electron chi connectivity index (χ4n) is 3.19. The molecule has 0 amide bonds. The van der Waals surface area contributed by atoms with Gasteiger partial charge >= 0.3 is 6.36 Å². The lowest BCUT2D eigenvalue weighted by atomic mass is 9.99. The van der Waals surface area contributed by atoms with E-state index < -0.39 is 6.36 Å². The van der Waals surface area contributed by atoms with Crippen molar-refractivity contribution in [3.8, 4) is 50.9 Å². The number of aromatic hydroxyl groups is 2. The predicted octanol–water partition coefficient (Wildman–Crippen LogP) is 6.39. The monoisotopic (exact) mass is 423 g/mol. The maximum Gasteiger partial charge on any atom is 0.573 e. The van der Waals surface area contributed by atoms with Gasteiger partial charge in [0.2, 0.25) is 0 Å². The minimum atomic E-state index is -4.77. The molecule has 0 aliphatic rings. The summed E-state index contributed by atoms with van der Waals surface area (Å²) < 4.78 is 41.3. The molecule has 0 unspecified atom stereocenters. The van der Waals surface area contributed by atoms with E-state index in [1.807, 2.05) is 0 Å². The number of pyridine rings is 1. The zero-order chi connectivity index (χ0) is 22.0. The molecule has 0 aliphatic carbocycles. The normalized spacial score (nSPS) is 11.3. The molecule has 31 heavy (non-hydrogen) atoms. The highest BCUT2D eigenvalue weighted by molar-refractivity contribution is 5.78. The summed E-state index contributed by atoms with van der Waals surface area (Å²) in [7, 11) is 0. The first-order valence-corrected chi connectivity index (χ1v) is 9.24. The smallest absolute Gasteiger partial charge is 0.508 e. The van der Waals surface area contributed by atoms with Crippen molar-refractivity contribution in [1.29, 1.82) is 0 Å². The lowest BCUT2D eigenvalue weighted by Crippen LogP contribution is -2.16. The predicted molar refractivity (Wildman–Crippen MR) is 111 cm³/mol. The van der Waals surface area contributed by atoms with Crippen molar-refractivity contribution in [2.24, 2.45) is 0 Å². The first-order chi connectivity index (χ1) is 14.8. The van der Waals surface area contributed by atoms with E-state index in [-0.39, 0.29) is 17.2 Å². The third-order valence-electron chi connectivity index (χ3n) is 4.57. The Kier molecular flexibility index (Phi) is 5.25. The Morgan fingerprint density at radius 3 is 2.06 bits per heavy atom. The highest BCUT2D eigenvalue weighted by Crippen LogP contribution is 2.35. The van der Waals surface area contributed by atoms with Gasteiger partial charge in [-0.05, 0) is 59.7 Å². The Morgan fingerprint density at radius 2 is 1.39 bits per heavy atom. The van der Waals surface area contributed by atoms with E-state index in [2.05, 4.69) is 9.72 Å². The van der Waals surface area contributed by atoms with Crippen LogP contribution in [0.15, 0.2) is 84.9 Å². The molecule has 0 fully saturated rings. The highest BCUT2D eigenvalue weighted by Gasteiger charge is 2.31. The van der Waals surface area contributed by atoms with Gasteiger partial charge in [-0.2, -0.15) is 0 Å². The summed E-state index contributed by atoms with van der Waals surface area (Å²) in [5.74, 6) is -0.204. The second-order valence-corrected chi connectivity index (χ2v) is 6.77. The number of halogens is 3. The number of alkyl halides is 3. The van der Waals surface area contributed by atoms with E-state index in [4.69, 9.17) is 0 Å². The van der Waals surface area contributed by atoms with Gasteiger partial charge in [-0.1, -0.05) is 36.4 Å². The van der Waals surface area contributed by atoms with Crippen LogP contribution in [0.3, 0.4) is 0 Å². The van der Waals surface area contributed by atoms with Gasteiger partial charge in [0, 0.05) is 11.1 Å². The Balaban J connectivity index is 1.83. The molecule has 0 aliphatic heterocycles. The van der Waals surface area contributed by atoms with Crippen molar-refractivity contribution in [2.45, 2.75) is 6.36 Å². The van der Waals surface area contributed by atoms with Gasteiger partial charge in [-0.25, -0.2) is 4.98 Å². The average Bonchev–Trinajstić information content (AvgIpc) is 2.73. The van der Waals surface area contributed by atoms with E-state index >= 15 is 0 Å². The minimum Gasteiger partial charge on any atom is -0.508 e. The van der Waals surface area contributed by atoms with Crippen LogP contribution in [0.4, 0.5) is 13.2 Å². The molecule has 3 aromatic carbocycles. The Labute approximate surface area is 175 Å². The fraction of sp³-hybridized carbons (Fsp3) is 0.0417. The second kappa shape index (κ2) is 8.02. The van der Waals surface area contributed by atoms with Crippen molar-refractivity contribution >= 4 is 0 Å². The lowest BCUT2D eigenvalue weighted by molar-refractivity contribution is -0.274. The summed E-state index contributed by atoms with van der Waals surface area (Å²) in [5, 5.41) is 20.1. The lowest BCUT2D eigenvalue weighted by Gasteiger charge is -2.12. The molecule has 7 heteroatoms. The molecule has 4 aromatic rings. The number of phenols is 2. The molecule has 0 saturated carbocycles. The third-order valence-corrected chi connectivity index (χ3v) is 4.57. The zero-order valence-electron chi connectivity index (χ0n) is 16.0. The zero-order valence-corrected chi connectivity index (χ0v) is 16.0. The first-order valence-electron chi connectivity index (χ1n) is 9.24. The number of benzene rings is 3. The molecular formula is C24H16F3NO3. The van der Waals surface area contributed by atoms with Gasteiger partial charge in [-0.3, -0.25) is 0 Å². The molecule has 156 valence electrons. The second-order valence-electron chi connectivity index (χ2n) is 6.77. The highest BCUT2D eigenvalue weighted by atomic mass is 19.4. The van der Waals surface area contributed by atoms with Crippen LogP contribution in [-0.4, -0.2) is 21.6 Å². The van der Waals surface area contributed by atoms with Crippen molar-refractivity contribution in [1.82, 2.24) is 4.98 Å². The summed E-state index contributed by atoms with van der Waals surface area (Å²) in [5.41, 5.74) is 3.46. The number of phenolic OH excluding ortho intramolecular Hbond substituents is 2. The van der Waals surface area contributed by atoms with Gasteiger partial charge in [0.15, 0.2) is 0 Å². The SMILES string of the molecule is Oc1cccc(-c2cc(-c3ccc(OC(F)(F)F)cc3)cc(-c3ccccc3O)n2)c1. The Morgan fingerprint density at radius 1 is 0.677 bits per heavy atom. The van der Waals surface area contributed by atoms with Crippen LogP contribution >= 0.6 is 0 Å². The topological polar surface area (TPSA) is 62.6 Å². The van der Waals surface area contributed by atoms with E-state index in [9.17, 15) is 23.4 Å². The molecule has 2 N–H and O–H groups in total. The molecule has 0 radical (unpaired) electrons. The third kappa shape index (κ3) is 4.78. The van der Waals surface area contributed by atoms with E-state index in [1.54, 1.807) is 54.6 Å². The van der Waals surface area contributed by atoms with Crippen molar-refractivity contribution in [3.63, 3.8) is 0 Å². The van der Waals surface area contributed by atoms with Crippen molar-refractivity contribution < 1.29 is 28.1 Å². The first kappa shape index (κ1) is 20.3. The Bertz CT molecular complexity index is 1220. The molecule has 1 heterocycles. The van der Waals surface area contributed by atoms with Crippen LogP contribution in [0, 0.1) is 0 Å². The van der Waals surface area contributed by atoms with Crippen LogP contribution in [0.5, 0.6) is 17.2 Å². The van der Waals surface area contributed by atoms with Crippen LogP contribution in [0.2, 0.25) is 0 Å². The van der Waals surface area contributed by atoms with Gasteiger partial charge in [-0.15, -0.1) is 13.2 Å². The molecule has 4 rings (SSSR count). The minimum absolute atomic E-state index is 0.0444. The van der Waals surface area contributed by atoms with Crippen molar-refractivity contribution in [3.05, 3.63) is 84.9 Å². The molecule has 4 nitrogen and oxygen atoms in total. The number of rotatable bonds is 4. The number of nitrogens with zero attached hydrogens (tertiary/aromatic N) is 1. The summed E-state index contributed by atoms with van der Waals surface area (Å²) in [6.07, 6.45) is -4.77. The number of para-hydroxylation sites is 1. The number of hydrogen-bond donors (Lipinski definition) is 2. The maximum absolute atomic E-state index is 12.4. The fourth-order valence-corrected chi connectivity index (χ4v) is 3.19. The summed E-state index contributed by atoms with van der Waals surface area (Å²) in [6.45, 7) is 0. The maximum atomic E-state index is 12.4. The van der Waals surface area contributed by atoms with Crippen LogP contribution in [-0.2, 0) is 0 Å². The standard InChI is InChI=1S/C24H16F3NO3/c25-24(26,27)31-19-10-8-15(9-11-19)17-13-21(16-4-3-5-18(29)12-16)28-22(14-17)20-6-1-2-7-23(20)30/h1-14,29-30H. The largest absolute Gasteiger partial charge is 0.573 e. The summed E-state index contributed by atoms with van der Waals surface area (Å²) >= 11 is 0. The number of aromatic nitrogens is 1. The van der Waals surface area contributed by atoms with Gasteiger partial charge in [0.05, 0.1) is 11.4 Å². The van der Waals surface area contributed by atoms with Gasteiger partial charge in [0.25, 0.3) is 0 Å². The van der Waals surface area contributed by atoms with E-state index in [0.29, 0.717) is 33.6 Å². The molecule has 0 atom stereocenters. The molecule has 1 aromatic heterocycles. The van der Waals surface area contributed by atoms with Gasteiger partial charge in [0.1, 0.15) is 17.2 Å². The summed E-state index contributed by atoms with van der Waals surface area (Å²) in [6, 6.07) is 22.3. The van der Waals surface area contributed by atoms with Crippen LogP contribution in [0.1, 0.15) is 0 Å². The Hall–Kier alpha value is -4.00. The van der Waals surface area contributed by atoms with Gasteiger partial charge < -0.3 is 14.9 Å². The van der Waals surface area contributed by atoms with E-state index in [0.717, 1.165) is 0 Å². The summed E-state index contributed by atoms with van der Waals surface area (Å²) in [4.78, 5) is 4.62. The van der Waals surface area contributed by atoms with Crippen LogP contribution < -0.4 is 4.74 Å². The van der Waals surface area contributed by atoms with Crippen molar-refractivity contribution in [2.75, 3.05) is 0 Å². The van der Waals surface area contributed by atoms with Crippen LogP contribution in [0.25, 0.3) is 33.6 Å². The van der Waals surface area contributed by atoms with E-state index in [1.165, 1.54) is 30.3 Å². The molecule has 0 spiro atoms. The molecular weight excluding hydrogens is 407 g/mol. The average molecular weight is 423 g/mol. The number of ether oxygens (including phenoxy) is 1. The molecule has 0 bridgehead atoms. The number of hydrogen-bond acceptors (Lipinski definition) is 4. The molecule has 0 saturated heterocycles. The quantitative estimate of drug-likeness (QED) is 0.399.